The van der Waals surface area contributed by atoms with Gasteiger partial charge in [0.15, 0.2) is 11.6 Å². The van der Waals surface area contributed by atoms with E-state index in [1.54, 1.807) is 0 Å². The molecule has 1 heterocycles. The molecule has 10 nitrogen and oxygen atoms in total. The van der Waals surface area contributed by atoms with E-state index in [1.165, 1.54) is 25.6 Å². The molecule has 0 fully saturated rings. The average molecular weight is 562 g/mol. The molecule has 0 saturated heterocycles. The van der Waals surface area contributed by atoms with Gasteiger partial charge in [0, 0.05) is 18.8 Å². The summed E-state index contributed by atoms with van der Waals surface area (Å²) in [6.45, 7) is 4.56. The second kappa shape index (κ2) is 10.2. The molecule has 0 aliphatic carbocycles. The molecule has 1 aromatic heterocycles. The number of alkyl halides is 3. The van der Waals surface area contributed by atoms with Crippen LogP contribution in [0.25, 0.3) is 0 Å². The lowest BCUT2D eigenvalue weighted by molar-refractivity contribution is -0.179. The van der Waals surface area contributed by atoms with E-state index in [4.69, 9.17) is 16.3 Å². The number of amides is 2. The van der Waals surface area contributed by atoms with Crippen molar-refractivity contribution in [1.82, 2.24) is 19.6 Å². The monoisotopic (exact) mass is 561 g/mol. The quantitative estimate of drug-likeness (QED) is 0.406. The van der Waals surface area contributed by atoms with Gasteiger partial charge in [0.1, 0.15) is 22.4 Å². The zero-order valence-corrected chi connectivity index (χ0v) is 20.9. The molecule has 2 aromatic rings. The van der Waals surface area contributed by atoms with E-state index in [1.807, 2.05) is 0 Å². The molecule has 0 aliphatic rings. The lowest BCUT2D eigenvalue weighted by Crippen LogP contribution is -2.57. The summed E-state index contributed by atoms with van der Waals surface area (Å²) >= 11 is 6.02. The molecule has 36 heavy (non-hydrogen) atoms. The van der Waals surface area contributed by atoms with E-state index < -0.39 is 67.2 Å². The predicted molar refractivity (Wildman–Crippen MR) is 116 cm³/mol. The third-order valence-corrected chi connectivity index (χ3v) is 5.98. The third-order valence-electron chi connectivity index (χ3n) is 4.28. The van der Waals surface area contributed by atoms with E-state index >= 15 is 0 Å². The van der Waals surface area contributed by atoms with Gasteiger partial charge < -0.3 is 10.1 Å². The number of benzene rings is 1. The van der Waals surface area contributed by atoms with Crippen LogP contribution in [-0.2, 0) is 21.8 Å². The van der Waals surface area contributed by atoms with Crippen molar-refractivity contribution in [3.8, 4) is 0 Å². The minimum atomic E-state index is -5.09. The Balaban J connectivity index is 2.43. The van der Waals surface area contributed by atoms with Crippen LogP contribution in [0.5, 0.6) is 0 Å². The Morgan fingerprint density at radius 3 is 2.25 bits per heavy atom. The number of sulfonamides is 1. The highest BCUT2D eigenvalue weighted by atomic mass is 35.5. The molecule has 0 saturated carbocycles. The minimum Gasteiger partial charge on any atom is -0.443 e. The van der Waals surface area contributed by atoms with Crippen LogP contribution in [0.4, 0.5) is 32.4 Å². The number of anilines is 1. The van der Waals surface area contributed by atoms with Crippen LogP contribution in [-0.4, -0.2) is 53.0 Å². The van der Waals surface area contributed by atoms with E-state index in [-0.39, 0.29) is 10.7 Å². The number of carbonyl (C=O) groups excluding carboxylic acids is 2. The third kappa shape index (κ3) is 6.82. The topological polar surface area (TPSA) is 123 Å². The Morgan fingerprint density at radius 2 is 1.75 bits per heavy atom. The molecule has 0 aliphatic heterocycles. The number of nitrogens with zero attached hydrogens (tertiary/aromatic N) is 3. The van der Waals surface area contributed by atoms with Gasteiger partial charge in [-0.1, -0.05) is 11.6 Å². The number of aromatic nitrogens is 2. The van der Waals surface area contributed by atoms with Crippen LogP contribution >= 0.6 is 11.6 Å². The van der Waals surface area contributed by atoms with Gasteiger partial charge in [0.25, 0.3) is 15.9 Å². The standard InChI is InChI=1S/C19H21ClF5N5O5S/c1-9(19(23,24)25)30(17(32)35-18(2,3)4)28-36(33,34)16-13(20)14(29(5)27-16)15(31)26-10-6-7-11(21)12(22)8-10/h6-9,28H,1-5H3,(H,26,31). The first-order valence-electron chi connectivity index (χ1n) is 9.85. The van der Waals surface area contributed by atoms with Crippen molar-refractivity contribution in [2.75, 3.05) is 5.32 Å². The van der Waals surface area contributed by atoms with Gasteiger partial charge >= 0.3 is 12.3 Å². The first kappa shape index (κ1) is 29.3. The fourth-order valence-corrected chi connectivity index (χ4v) is 4.25. The molecule has 200 valence electrons. The van der Waals surface area contributed by atoms with E-state index in [9.17, 15) is 40.0 Å². The van der Waals surface area contributed by atoms with Crippen molar-refractivity contribution < 1.29 is 44.7 Å². The number of nitrogens with one attached hydrogen (secondary N) is 2. The van der Waals surface area contributed by atoms with Gasteiger partial charge in [-0.3, -0.25) is 9.48 Å². The summed E-state index contributed by atoms with van der Waals surface area (Å²) in [5.74, 6) is -3.57. The summed E-state index contributed by atoms with van der Waals surface area (Å²) in [4.78, 5) is 26.4. The van der Waals surface area contributed by atoms with Gasteiger partial charge in [0.2, 0.25) is 5.03 Å². The Morgan fingerprint density at radius 1 is 1.17 bits per heavy atom. The number of aryl methyl sites for hydroxylation is 1. The fraction of sp³-hybridized carbons (Fsp3) is 0.421. The number of ether oxygens (including phenoxy) is 1. The Kier molecular flexibility index (Phi) is 8.27. The minimum absolute atomic E-state index is 0.214. The summed E-state index contributed by atoms with van der Waals surface area (Å²) in [7, 11) is -4.00. The van der Waals surface area contributed by atoms with Gasteiger partial charge in [-0.15, -0.1) is 4.83 Å². The molecule has 1 aromatic carbocycles. The Bertz CT molecular complexity index is 1280. The molecule has 2 rings (SSSR count). The first-order valence-corrected chi connectivity index (χ1v) is 11.7. The second-order valence-electron chi connectivity index (χ2n) is 8.34. The lowest BCUT2D eigenvalue weighted by Gasteiger charge is -2.32. The maximum absolute atomic E-state index is 13.4. The largest absolute Gasteiger partial charge is 0.443 e. The number of carbonyl (C=O) groups is 2. The van der Waals surface area contributed by atoms with Crippen molar-refractivity contribution in [3.05, 3.63) is 40.6 Å². The van der Waals surface area contributed by atoms with E-state index in [0.29, 0.717) is 17.7 Å². The van der Waals surface area contributed by atoms with Crippen LogP contribution in [0.1, 0.15) is 38.2 Å². The molecular weight excluding hydrogens is 541 g/mol. The molecule has 2 N–H and O–H groups in total. The number of hydrazine groups is 1. The number of hydrogen-bond acceptors (Lipinski definition) is 6. The van der Waals surface area contributed by atoms with Crippen molar-refractivity contribution in [1.29, 1.82) is 0 Å². The van der Waals surface area contributed by atoms with Gasteiger partial charge in [-0.2, -0.15) is 18.3 Å². The van der Waals surface area contributed by atoms with Crippen molar-refractivity contribution in [2.24, 2.45) is 7.05 Å². The van der Waals surface area contributed by atoms with Crippen LogP contribution in [0.3, 0.4) is 0 Å². The van der Waals surface area contributed by atoms with E-state index in [0.717, 1.165) is 19.2 Å². The van der Waals surface area contributed by atoms with Crippen LogP contribution in [0.2, 0.25) is 5.02 Å². The Hall–Kier alpha value is -2.98. The number of rotatable bonds is 6. The highest BCUT2D eigenvalue weighted by Crippen LogP contribution is 2.29. The maximum Gasteiger partial charge on any atom is 0.426 e. The highest BCUT2D eigenvalue weighted by molar-refractivity contribution is 7.89. The lowest BCUT2D eigenvalue weighted by atomic mass is 10.2. The number of halogens is 6. The molecule has 0 bridgehead atoms. The van der Waals surface area contributed by atoms with Gasteiger partial charge in [0.05, 0.1) is 0 Å². The molecule has 0 spiro atoms. The summed E-state index contributed by atoms with van der Waals surface area (Å²) in [5, 5.41) is 3.50. The molecule has 2 amide bonds. The van der Waals surface area contributed by atoms with Crippen molar-refractivity contribution in [2.45, 2.75) is 50.5 Å². The fourth-order valence-electron chi connectivity index (χ4n) is 2.56. The maximum atomic E-state index is 13.4. The first-order chi connectivity index (χ1) is 16.2. The van der Waals surface area contributed by atoms with Gasteiger partial charge in [-0.05, 0) is 39.8 Å². The second-order valence-corrected chi connectivity index (χ2v) is 10.3. The summed E-state index contributed by atoms with van der Waals surface area (Å²) in [5.41, 5.74) is -2.08. The van der Waals surface area contributed by atoms with Crippen molar-refractivity contribution in [3.63, 3.8) is 0 Å². The number of hydrogen-bond donors (Lipinski definition) is 2. The normalized spacial score (nSPS) is 13.3. The summed E-state index contributed by atoms with van der Waals surface area (Å²) < 4.78 is 97.9. The van der Waals surface area contributed by atoms with Crippen LogP contribution < -0.4 is 10.1 Å². The molecule has 0 radical (unpaired) electrons. The summed E-state index contributed by atoms with van der Waals surface area (Å²) in [6.07, 6.45) is -6.73. The molecule has 17 heteroatoms. The summed E-state index contributed by atoms with van der Waals surface area (Å²) in [6, 6.07) is -0.297. The molecule has 1 unspecified atom stereocenters. The SMILES string of the molecule is CC(N(NS(=O)(=O)c1nn(C)c(C(=O)Nc2ccc(F)c(F)c2)c1Cl)C(=O)OC(C)(C)C)C(F)(F)F. The smallest absolute Gasteiger partial charge is 0.426 e. The van der Waals surface area contributed by atoms with Gasteiger partial charge in [-0.25, -0.2) is 27.0 Å². The average Bonchev–Trinajstić information content (AvgIpc) is 3.01. The predicted octanol–water partition coefficient (Wildman–Crippen LogP) is 3.99. The molecular formula is C19H21ClF5N5O5S. The van der Waals surface area contributed by atoms with E-state index in [2.05, 4.69) is 10.4 Å². The Labute approximate surface area is 207 Å². The molecule has 1 atom stereocenters. The van der Waals surface area contributed by atoms with Crippen LogP contribution in [0.15, 0.2) is 23.2 Å². The highest BCUT2D eigenvalue weighted by Gasteiger charge is 2.46. The van der Waals surface area contributed by atoms with Crippen LogP contribution in [0, 0.1) is 11.6 Å². The zero-order valence-electron chi connectivity index (χ0n) is 19.4. The van der Waals surface area contributed by atoms with Crippen molar-refractivity contribution >= 4 is 39.3 Å². The zero-order chi connectivity index (χ0) is 27.8.